The number of amides is 2. The number of morpholine rings is 1. The van der Waals surface area contributed by atoms with Gasteiger partial charge in [-0.15, -0.1) is 0 Å². The quantitative estimate of drug-likeness (QED) is 0.873. The highest BCUT2D eigenvalue weighted by Crippen LogP contribution is 2.24. The van der Waals surface area contributed by atoms with Crippen LogP contribution < -0.4 is 5.32 Å². The molecule has 0 radical (unpaired) electrons. The lowest BCUT2D eigenvalue weighted by atomic mass is 10.1. The summed E-state index contributed by atoms with van der Waals surface area (Å²) >= 11 is 5.92. The Morgan fingerprint density at radius 3 is 2.60 bits per heavy atom. The molecule has 2 fully saturated rings. The number of nitrogens with one attached hydrogen (secondary N) is 1. The molecule has 1 N–H and O–H groups in total. The third kappa shape index (κ3) is 5.19. The van der Waals surface area contributed by atoms with Crippen molar-refractivity contribution in [1.82, 2.24) is 10.2 Å². The molecule has 2 aliphatic rings. The Balaban J connectivity index is 1.46. The van der Waals surface area contributed by atoms with Gasteiger partial charge in [-0.25, -0.2) is 0 Å². The second kappa shape index (κ2) is 8.68. The molecule has 1 saturated carbocycles. The van der Waals surface area contributed by atoms with E-state index in [1.165, 1.54) is 12.8 Å². The van der Waals surface area contributed by atoms with Crippen molar-refractivity contribution in [3.8, 4) is 0 Å². The summed E-state index contributed by atoms with van der Waals surface area (Å²) in [4.78, 5) is 26.2. The molecule has 1 atom stereocenters. The normalized spacial score (nSPS) is 21.3. The number of hydrogen-bond acceptors (Lipinski definition) is 3. The van der Waals surface area contributed by atoms with E-state index in [1.807, 2.05) is 24.3 Å². The van der Waals surface area contributed by atoms with E-state index in [1.54, 1.807) is 4.90 Å². The molecule has 0 bridgehead atoms. The second-order valence-electron chi connectivity index (χ2n) is 6.80. The second-order valence-corrected chi connectivity index (χ2v) is 7.24. The fraction of sp³-hybridized carbons (Fsp3) is 0.579. The molecule has 1 aromatic rings. The van der Waals surface area contributed by atoms with E-state index in [9.17, 15) is 9.59 Å². The monoisotopic (exact) mass is 364 g/mol. The minimum atomic E-state index is -0.137. The van der Waals surface area contributed by atoms with Crippen LogP contribution in [0.25, 0.3) is 0 Å². The van der Waals surface area contributed by atoms with E-state index in [0.29, 0.717) is 30.8 Å². The SMILES string of the molecule is O=C(CCC(=O)N1CCO[C@@H](c2ccc(Cl)cc2)C1)NC1CCCC1. The average Bonchev–Trinajstić information content (AvgIpc) is 3.13. The van der Waals surface area contributed by atoms with Crippen LogP contribution in [-0.4, -0.2) is 42.5 Å². The van der Waals surface area contributed by atoms with Crippen molar-refractivity contribution in [2.45, 2.75) is 50.7 Å². The molecule has 6 heteroatoms. The lowest BCUT2D eigenvalue weighted by Crippen LogP contribution is -2.42. The van der Waals surface area contributed by atoms with Gasteiger partial charge >= 0.3 is 0 Å². The summed E-state index contributed by atoms with van der Waals surface area (Å²) in [6.45, 7) is 1.60. The summed E-state index contributed by atoms with van der Waals surface area (Å²) in [5, 5.41) is 3.71. The number of hydrogen-bond donors (Lipinski definition) is 1. The minimum Gasteiger partial charge on any atom is -0.370 e. The van der Waals surface area contributed by atoms with E-state index in [4.69, 9.17) is 16.3 Å². The van der Waals surface area contributed by atoms with E-state index >= 15 is 0 Å². The highest BCUT2D eigenvalue weighted by Gasteiger charge is 2.26. The highest BCUT2D eigenvalue weighted by atomic mass is 35.5. The van der Waals surface area contributed by atoms with Crippen molar-refractivity contribution in [3.05, 3.63) is 34.9 Å². The molecule has 1 aliphatic carbocycles. The van der Waals surface area contributed by atoms with Gasteiger partial charge in [0.2, 0.25) is 11.8 Å². The first-order chi connectivity index (χ1) is 12.1. The molecule has 0 unspecified atom stereocenters. The maximum Gasteiger partial charge on any atom is 0.223 e. The first-order valence-electron chi connectivity index (χ1n) is 9.06. The van der Waals surface area contributed by atoms with Crippen LogP contribution in [0.5, 0.6) is 0 Å². The van der Waals surface area contributed by atoms with E-state index in [-0.39, 0.29) is 30.8 Å². The van der Waals surface area contributed by atoms with Crippen LogP contribution in [0.3, 0.4) is 0 Å². The van der Waals surface area contributed by atoms with Crippen molar-refractivity contribution in [1.29, 1.82) is 0 Å². The summed E-state index contributed by atoms with van der Waals surface area (Å²) in [6, 6.07) is 7.81. The summed E-state index contributed by atoms with van der Waals surface area (Å²) in [5.41, 5.74) is 1.01. The molecule has 1 aromatic carbocycles. The molecule has 0 spiro atoms. The van der Waals surface area contributed by atoms with Crippen LogP contribution in [0.15, 0.2) is 24.3 Å². The van der Waals surface area contributed by atoms with Crippen LogP contribution in [0.4, 0.5) is 0 Å². The molecule has 5 nitrogen and oxygen atoms in total. The summed E-state index contributed by atoms with van der Waals surface area (Å²) < 4.78 is 5.78. The van der Waals surface area contributed by atoms with Crippen LogP contribution in [0, 0.1) is 0 Å². The molecule has 2 amide bonds. The zero-order chi connectivity index (χ0) is 17.6. The van der Waals surface area contributed by atoms with Crippen LogP contribution in [-0.2, 0) is 14.3 Å². The van der Waals surface area contributed by atoms with Crippen molar-refractivity contribution in [2.24, 2.45) is 0 Å². The number of carbonyl (C=O) groups excluding carboxylic acids is 2. The third-order valence-electron chi connectivity index (χ3n) is 4.95. The number of halogens is 1. The number of carbonyl (C=O) groups is 2. The van der Waals surface area contributed by atoms with Crippen molar-refractivity contribution in [2.75, 3.05) is 19.7 Å². The smallest absolute Gasteiger partial charge is 0.223 e. The van der Waals surface area contributed by atoms with Crippen molar-refractivity contribution >= 4 is 23.4 Å². The Kier molecular flexibility index (Phi) is 6.32. The van der Waals surface area contributed by atoms with Gasteiger partial charge in [0.05, 0.1) is 13.2 Å². The fourth-order valence-corrected chi connectivity index (χ4v) is 3.63. The highest BCUT2D eigenvalue weighted by molar-refractivity contribution is 6.30. The average molecular weight is 365 g/mol. The van der Waals surface area contributed by atoms with Crippen molar-refractivity contribution < 1.29 is 14.3 Å². The van der Waals surface area contributed by atoms with Crippen LogP contribution >= 0.6 is 11.6 Å². The maximum atomic E-state index is 12.4. The largest absolute Gasteiger partial charge is 0.370 e. The van der Waals surface area contributed by atoms with Crippen molar-refractivity contribution in [3.63, 3.8) is 0 Å². The topological polar surface area (TPSA) is 58.6 Å². The number of rotatable bonds is 5. The number of nitrogens with zero attached hydrogens (tertiary/aromatic N) is 1. The molecule has 25 heavy (non-hydrogen) atoms. The maximum absolute atomic E-state index is 12.4. The first-order valence-corrected chi connectivity index (χ1v) is 9.44. The summed E-state index contributed by atoms with van der Waals surface area (Å²) in [5.74, 6) is 0.00611. The molecule has 1 heterocycles. The van der Waals surface area contributed by atoms with Crippen LogP contribution in [0.2, 0.25) is 5.02 Å². The summed E-state index contributed by atoms with van der Waals surface area (Å²) in [7, 11) is 0. The van der Waals surface area contributed by atoms with Gasteiger partial charge in [0.1, 0.15) is 6.10 Å². The molecule has 1 aliphatic heterocycles. The van der Waals surface area contributed by atoms with E-state index < -0.39 is 0 Å². The first kappa shape index (κ1) is 18.2. The number of benzene rings is 1. The molecular weight excluding hydrogens is 340 g/mol. The molecule has 0 aromatic heterocycles. The number of ether oxygens (including phenoxy) is 1. The lowest BCUT2D eigenvalue weighted by Gasteiger charge is -2.33. The third-order valence-corrected chi connectivity index (χ3v) is 5.20. The zero-order valence-corrected chi connectivity index (χ0v) is 15.1. The standard InChI is InChI=1S/C19H25ClN2O3/c20-15-7-5-14(6-8-15)17-13-22(11-12-25-17)19(24)10-9-18(23)21-16-3-1-2-4-16/h5-8,16-17H,1-4,9-13H2,(H,21,23)/t17-/m1/s1. The van der Waals surface area contributed by atoms with Gasteiger partial charge in [-0.05, 0) is 30.5 Å². The Morgan fingerprint density at radius 2 is 1.88 bits per heavy atom. The van der Waals surface area contributed by atoms with Gasteiger partial charge < -0.3 is 15.0 Å². The van der Waals surface area contributed by atoms with Gasteiger partial charge in [-0.1, -0.05) is 36.6 Å². The van der Waals surface area contributed by atoms with Gasteiger partial charge in [0.25, 0.3) is 0 Å². The Labute approximate surface area is 153 Å². The molecule has 136 valence electrons. The Bertz CT molecular complexity index is 599. The molecule has 3 rings (SSSR count). The predicted molar refractivity (Wildman–Crippen MR) is 96.4 cm³/mol. The molecule has 1 saturated heterocycles. The summed E-state index contributed by atoms with van der Waals surface area (Å²) in [6.07, 6.45) is 4.87. The Hall–Kier alpha value is -1.59. The van der Waals surface area contributed by atoms with E-state index in [2.05, 4.69) is 5.32 Å². The minimum absolute atomic E-state index is 0.0113. The zero-order valence-electron chi connectivity index (χ0n) is 14.4. The fourth-order valence-electron chi connectivity index (χ4n) is 3.50. The Morgan fingerprint density at radius 1 is 1.16 bits per heavy atom. The van der Waals surface area contributed by atoms with E-state index in [0.717, 1.165) is 18.4 Å². The predicted octanol–water partition coefficient (Wildman–Crippen LogP) is 3.08. The van der Waals surface area contributed by atoms with Gasteiger partial charge in [-0.2, -0.15) is 0 Å². The van der Waals surface area contributed by atoms with Crippen LogP contribution in [0.1, 0.15) is 50.2 Å². The van der Waals surface area contributed by atoms with Gasteiger partial charge in [0, 0.05) is 30.5 Å². The molecular formula is C19H25ClN2O3. The van der Waals surface area contributed by atoms with Gasteiger partial charge in [-0.3, -0.25) is 9.59 Å². The lowest BCUT2D eigenvalue weighted by molar-refractivity contribution is -0.140. The van der Waals surface area contributed by atoms with Gasteiger partial charge in [0.15, 0.2) is 0 Å².